The zero-order valence-corrected chi connectivity index (χ0v) is 15.3. The van der Waals surface area contributed by atoms with Crippen LogP contribution >= 0.6 is 0 Å². The van der Waals surface area contributed by atoms with Crippen LogP contribution in [0.3, 0.4) is 0 Å². The van der Waals surface area contributed by atoms with Crippen molar-refractivity contribution in [2.24, 2.45) is 5.92 Å². The van der Waals surface area contributed by atoms with Crippen LogP contribution in [-0.4, -0.2) is 46.3 Å². The van der Waals surface area contributed by atoms with Crippen molar-refractivity contribution >= 4 is 17.8 Å². The number of carbonyl (C=O) groups excluding carboxylic acids is 3. The Morgan fingerprint density at radius 2 is 2.12 bits per heavy atom. The number of nitrogens with zero attached hydrogens (tertiary/aromatic N) is 2. The molecule has 1 saturated carbocycles. The van der Waals surface area contributed by atoms with Crippen molar-refractivity contribution in [2.45, 2.75) is 70.8 Å². The highest BCUT2D eigenvalue weighted by Gasteiger charge is 2.55. The first kappa shape index (κ1) is 18.0. The third-order valence-electron chi connectivity index (χ3n) is 6.03. The molecular weight excluding hydrogens is 318 g/mol. The fourth-order valence-electron chi connectivity index (χ4n) is 4.47. The Kier molecular flexibility index (Phi) is 5.16. The number of rotatable bonds is 4. The maximum atomic E-state index is 13.0. The van der Waals surface area contributed by atoms with Gasteiger partial charge in [0.2, 0.25) is 5.91 Å². The molecule has 0 radical (unpaired) electrons. The van der Waals surface area contributed by atoms with E-state index in [0.29, 0.717) is 13.0 Å². The van der Waals surface area contributed by atoms with E-state index in [9.17, 15) is 14.4 Å². The Balaban J connectivity index is 1.73. The Hall–Kier alpha value is -1.85. The van der Waals surface area contributed by atoms with Crippen molar-refractivity contribution in [1.29, 1.82) is 0 Å². The van der Waals surface area contributed by atoms with Crippen LogP contribution in [0.25, 0.3) is 0 Å². The highest BCUT2D eigenvalue weighted by Crippen LogP contribution is 2.38. The van der Waals surface area contributed by atoms with Crippen molar-refractivity contribution < 1.29 is 14.4 Å². The Morgan fingerprint density at radius 1 is 1.32 bits per heavy atom. The molecule has 0 aromatic heterocycles. The number of urea groups is 1. The summed E-state index contributed by atoms with van der Waals surface area (Å²) < 4.78 is 0. The molecule has 6 heteroatoms. The summed E-state index contributed by atoms with van der Waals surface area (Å²) in [5.74, 6) is -0.271. The van der Waals surface area contributed by atoms with Crippen LogP contribution in [-0.2, 0) is 9.59 Å². The van der Waals surface area contributed by atoms with Crippen LogP contribution in [0.4, 0.5) is 4.79 Å². The summed E-state index contributed by atoms with van der Waals surface area (Å²) in [4.78, 5) is 41.1. The summed E-state index contributed by atoms with van der Waals surface area (Å²) in [7, 11) is 0. The summed E-state index contributed by atoms with van der Waals surface area (Å²) >= 11 is 0. The van der Waals surface area contributed by atoms with Crippen LogP contribution < -0.4 is 5.32 Å². The van der Waals surface area contributed by atoms with Gasteiger partial charge in [0, 0.05) is 12.2 Å². The summed E-state index contributed by atoms with van der Waals surface area (Å²) in [5, 5.41) is 2.91. The predicted octanol–water partition coefficient (Wildman–Crippen LogP) is 2.79. The van der Waals surface area contributed by atoms with Crippen molar-refractivity contribution in [3.05, 3.63) is 11.8 Å². The summed E-state index contributed by atoms with van der Waals surface area (Å²) in [6, 6.07) is -0.416. The largest absolute Gasteiger partial charge is 0.325 e. The van der Waals surface area contributed by atoms with E-state index >= 15 is 0 Å². The van der Waals surface area contributed by atoms with Crippen LogP contribution in [0.15, 0.2) is 11.8 Å². The van der Waals surface area contributed by atoms with Gasteiger partial charge in [-0.3, -0.25) is 14.5 Å². The van der Waals surface area contributed by atoms with Gasteiger partial charge in [-0.1, -0.05) is 25.8 Å². The highest BCUT2D eigenvalue weighted by atomic mass is 16.2. The van der Waals surface area contributed by atoms with Gasteiger partial charge >= 0.3 is 6.03 Å². The van der Waals surface area contributed by atoms with Gasteiger partial charge in [0.15, 0.2) is 0 Å². The molecule has 3 rings (SSSR count). The van der Waals surface area contributed by atoms with Gasteiger partial charge in [0.1, 0.15) is 12.1 Å². The Bertz CT molecular complexity index is 601. The number of hydrogen-bond acceptors (Lipinski definition) is 3. The SMILES string of the molecule is CCN(C(=O)CN1C(=O)NC2(CCCCC2C)C1=O)C1=CCCCC1. The Morgan fingerprint density at radius 3 is 2.76 bits per heavy atom. The minimum Gasteiger partial charge on any atom is -0.323 e. The van der Waals surface area contributed by atoms with E-state index in [2.05, 4.69) is 11.4 Å². The van der Waals surface area contributed by atoms with E-state index in [1.165, 1.54) is 0 Å². The fourth-order valence-corrected chi connectivity index (χ4v) is 4.47. The number of nitrogens with one attached hydrogen (secondary N) is 1. The second kappa shape index (κ2) is 7.18. The lowest BCUT2D eigenvalue weighted by molar-refractivity contribution is -0.139. The van der Waals surface area contributed by atoms with Gasteiger partial charge in [-0.25, -0.2) is 4.79 Å². The molecule has 2 atom stereocenters. The van der Waals surface area contributed by atoms with Gasteiger partial charge in [-0.15, -0.1) is 0 Å². The van der Waals surface area contributed by atoms with E-state index in [-0.39, 0.29) is 24.3 Å². The molecule has 0 bridgehead atoms. The van der Waals surface area contributed by atoms with Gasteiger partial charge in [-0.05, 0) is 51.4 Å². The summed E-state index contributed by atoms with van der Waals surface area (Å²) in [6.45, 7) is 4.36. The van der Waals surface area contributed by atoms with E-state index in [0.717, 1.165) is 55.5 Å². The standard InChI is InChI=1S/C19H29N3O3/c1-3-21(15-10-5-4-6-11-15)16(23)13-22-17(24)19(20-18(22)25)12-8-7-9-14(19)2/h10,14H,3-9,11-13H2,1-2H3,(H,20,25). The molecule has 1 aliphatic heterocycles. The molecular formula is C19H29N3O3. The van der Waals surface area contributed by atoms with E-state index in [1.54, 1.807) is 4.90 Å². The average Bonchev–Trinajstić information content (AvgIpc) is 2.84. The van der Waals surface area contributed by atoms with Gasteiger partial charge in [0.25, 0.3) is 5.91 Å². The van der Waals surface area contributed by atoms with Crippen molar-refractivity contribution in [3.8, 4) is 0 Å². The van der Waals surface area contributed by atoms with Crippen molar-refractivity contribution in [2.75, 3.05) is 13.1 Å². The minimum absolute atomic E-state index is 0.112. The van der Waals surface area contributed by atoms with E-state index in [4.69, 9.17) is 0 Å². The van der Waals surface area contributed by atoms with Crippen LogP contribution in [0.1, 0.15) is 65.2 Å². The quantitative estimate of drug-likeness (QED) is 0.795. The molecule has 1 spiro atoms. The molecule has 1 heterocycles. The van der Waals surface area contributed by atoms with Crippen molar-refractivity contribution in [1.82, 2.24) is 15.1 Å². The number of amides is 4. The maximum Gasteiger partial charge on any atom is 0.325 e. The van der Waals surface area contributed by atoms with E-state index < -0.39 is 11.6 Å². The molecule has 0 aromatic carbocycles. The molecule has 3 aliphatic rings. The zero-order valence-electron chi connectivity index (χ0n) is 15.3. The third-order valence-corrected chi connectivity index (χ3v) is 6.03. The predicted molar refractivity (Wildman–Crippen MR) is 94.5 cm³/mol. The van der Waals surface area contributed by atoms with Crippen LogP contribution in [0.2, 0.25) is 0 Å². The molecule has 138 valence electrons. The summed E-state index contributed by atoms with van der Waals surface area (Å²) in [5.41, 5.74) is 0.239. The first-order valence-electron chi connectivity index (χ1n) is 9.63. The number of likely N-dealkylation sites (N-methyl/N-ethyl adjacent to an activating group) is 1. The lowest BCUT2D eigenvalue weighted by Gasteiger charge is -2.37. The van der Waals surface area contributed by atoms with E-state index in [1.807, 2.05) is 13.8 Å². The fraction of sp³-hybridized carbons (Fsp3) is 0.737. The second-order valence-electron chi connectivity index (χ2n) is 7.52. The molecule has 1 N–H and O–H groups in total. The molecule has 0 aromatic rings. The number of hydrogen-bond donors (Lipinski definition) is 1. The third kappa shape index (κ3) is 3.18. The molecule has 4 amide bonds. The average molecular weight is 347 g/mol. The number of allylic oxidation sites excluding steroid dienone is 2. The second-order valence-corrected chi connectivity index (χ2v) is 7.52. The van der Waals surface area contributed by atoms with Crippen molar-refractivity contribution in [3.63, 3.8) is 0 Å². The van der Waals surface area contributed by atoms with Crippen LogP contribution in [0, 0.1) is 5.92 Å². The Labute approximate surface area is 149 Å². The van der Waals surface area contributed by atoms with Gasteiger partial charge in [0.05, 0.1) is 0 Å². The van der Waals surface area contributed by atoms with Gasteiger partial charge in [-0.2, -0.15) is 0 Å². The topological polar surface area (TPSA) is 69.7 Å². The molecule has 2 aliphatic carbocycles. The molecule has 25 heavy (non-hydrogen) atoms. The monoisotopic (exact) mass is 347 g/mol. The molecule has 1 saturated heterocycles. The van der Waals surface area contributed by atoms with Crippen LogP contribution in [0.5, 0.6) is 0 Å². The number of imide groups is 1. The smallest absolute Gasteiger partial charge is 0.323 e. The molecule has 6 nitrogen and oxygen atoms in total. The lowest BCUT2D eigenvalue weighted by atomic mass is 9.73. The molecule has 2 fully saturated rings. The zero-order chi connectivity index (χ0) is 18.0. The lowest BCUT2D eigenvalue weighted by Crippen LogP contribution is -2.54. The van der Waals surface area contributed by atoms with Gasteiger partial charge < -0.3 is 10.2 Å². The molecule has 2 unspecified atom stereocenters. The minimum atomic E-state index is -0.795. The first-order valence-corrected chi connectivity index (χ1v) is 9.63. The number of carbonyl (C=O) groups is 3. The highest BCUT2D eigenvalue weighted by molar-refractivity contribution is 6.09. The normalized spacial score (nSPS) is 29.6. The first-order chi connectivity index (χ1) is 12.0. The summed E-state index contributed by atoms with van der Waals surface area (Å²) in [6.07, 6.45) is 9.86. The maximum absolute atomic E-state index is 13.0.